The Morgan fingerprint density at radius 2 is 0.947 bits per heavy atom. The average Bonchev–Trinajstić information content (AvgIpc) is 3.32. The molecule has 3 radical (unpaired) electrons. The second-order valence-electron chi connectivity index (χ2n) is 9.68. The summed E-state index contributed by atoms with van der Waals surface area (Å²) in [5, 5.41) is 9.77. The van der Waals surface area contributed by atoms with Gasteiger partial charge in [0.1, 0.15) is 11.2 Å². The molecule has 0 amide bonds. The first kappa shape index (κ1) is 22.4. The Morgan fingerprint density at radius 3 is 1.61 bits per heavy atom. The lowest BCUT2D eigenvalue weighted by Crippen LogP contribution is -1.91. The Morgan fingerprint density at radius 1 is 0.395 bits per heavy atom. The molecule has 0 unspecified atom stereocenters. The molecule has 0 saturated carbocycles. The second-order valence-corrected chi connectivity index (χ2v) is 9.68. The molecule has 0 spiro atoms. The summed E-state index contributed by atoms with van der Waals surface area (Å²) in [5.41, 5.74) is 6.83. The van der Waals surface area contributed by atoms with Crippen LogP contribution in [0.2, 0.25) is 0 Å². The molecule has 1 heterocycles. The summed E-state index contributed by atoms with van der Waals surface area (Å²) in [5.74, 6) is 0. The molecule has 0 saturated heterocycles. The van der Waals surface area contributed by atoms with Gasteiger partial charge in [-0.1, -0.05) is 115 Å². The van der Waals surface area contributed by atoms with E-state index in [0.717, 1.165) is 16.6 Å². The fourth-order valence-electron chi connectivity index (χ4n) is 6.05. The third kappa shape index (κ3) is 3.20. The van der Waals surface area contributed by atoms with Crippen molar-refractivity contribution in [2.45, 2.75) is 0 Å². The van der Waals surface area contributed by atoms with Crippen molar-refractivity contribution in [3.8, 4) is 22.3 Å². The Hall–Kier alpha value is -4.82. The third-order valence-corrected chi connectivity index (χ3v) is 7.63. The fourth-order valence-corrected chi connectivity index (χ4v) is 6.05. The molecule has 0 aliphatic carbocycles. The summed E-state index contributed by atoms with van der Waals surface area (Å²) in [6.45, 7) is 0. The zero-order chi connectivity index (χ0) is 24.3. The van der Waals surface area contributed by atoms with Gasteiger partial charge in [-0.15, -0.1) is 0 Å². The van der Waals surface area contributed by atoms with Gasteiger partial charge in [0.2, 0.25) is 0 Å². The van der Waals surface area contributed by atoms with Gasteiger partial charge in [-0.2, -0.15) is 0 Å². The molecular weight excluding hydrogens is 459 g/mol. The highest BCUT2D eigenvalue weighted by Gasteiger charge is 2.20. The highest BCUT2D eigenvalue weighted by Crippen LogP contribution is 2.47. The van der Waals surface area contributed by atoms with E-state index < -0.39 is 0 Å². The van der Waals surface area contributed by atoms with Gasteiger partial charge in [-0.05, 0) is 72.8 Å². The molecule has 0 aliphatic heterocycles. The monoisotopic (exact) mass is 481 g/mol. The number of benzene rings is 7. The lowest BCUT2D eigenvalue weighted by atomic mass is 9.85. The topological polar surface area (TPSA) is 13.1 Å². The minimum atomic E-state index is 0. The van der Waals surface area contributed by atoms with Crippen molar-refractivity contribution in [2.24, 2.45) is 0 Å². The van der Waals surface area contributed by atoms with Crippen molar-refractivity contribution in [3.05, 3.63) is 133 Å². The van der Waals surface area contributed by atoms with E-state index in [0.29, 0.717) is 0 Å². The lowest BCUT2D eigenvalue weighted by Gasteiger charge is -2.18. The minimum Gasteiger partial charge on any atom is -0.456 e. The number of rotatable bonds is 2. The molecule has 8 rings (SSSR count). The molecule has 1 nitrogen and oxygen atoms in total. The van der Waals surface area contributed by atoms with Crippen molar-refractivity contribution in [3.63, 3.8) is 0 Å². The molecule has 7 aromatic carbocycles. The van der Waals surface area contributed by atoms with Gasteiger partial charge >= 0.3 is 0 Å². The highest BCUT2D eigenvalue weighted by atomic mass is 16.3. The molecule has 8 aromatic rings. The van der Waals surface area contributed by atoms with Crippen molar-refractivity contribution in [1.29, 1.82) is 0 Å². The van der Waals surface area contributed by atoms with Crippen molar-refractivity contribution in [1.82, 2.24) is 0 Å². The van der Waals surface area contributed by atoms with Gasteiger partial charge in [0, 0.05) is 19.2 Å². The van der Waals surface area contributed by atoms with Crippen molar-refractivity contribution in [2.75, 3.05) is 0 Å². The van der Waals surface area contributed by atoms with Crippen LogP contribution in [0, 0.1) is 0 Å². The van der Waals surface area contributed by atoms with E-state index in [-0.39, 0.29) is 8.41 Å². The molecule has 0 N–H and O–H groups in total. The Kier molecular flexibility index (Phi) is 5.09. The first-order valence-corrected chi connectivity index (χ1v) is 12.7. The van der Waals surface area contributed by atoms with Crippen LogP contribution in [0.25, 0.3) is 76.5 Å². The second kappa shape index (κ2) is 8.64. The Bertz CT molecular complexity index is 2080. The first-order valence-electron chi connectivity index (χ1n) is 12.7. The first-order chi connectivity index (χ1) is 18.4. The summed E-state index contributed by atoms with van der Waals surface area (Å²) in [6, 6.07) is 47.8. The van der Waals surface area contributed by atoms with E-state index in [2.05, 4.69) is 133 Å². The lowest BCUT2D eigenvalue weighted by molar-refractivity contribution is 0.669. The van der Waals surface area contributed by atoms with E-state index in [1.165, 1.54) is 60.0 Å². The number of fused-ring (bicyclic) bond motifs is 6. The van der Waals surface area contributed by atoms with Gasteiger partial charge in [-0.25, -0.2) is 0 Å². The molecule has 0 atom stereocenters. The molecule has 0 fully saturated rings. The van der Waals surface area contributed by atoms with Crippen molar-refractivity contribution >= 4 is 62.7 Å². The largest absolute Gasteiger partial charge is 0.456 e. The maximum atomic E-state index is 6.44. The predicted molar refractivity (Wildman–Crippen MR) is 163 cm³/mol. The maximum absolute atomic E-state index is 6.44. The maximum Gasteiger partial charge on any atom is 0.136 e. The van der Waals surface area contributed by atoms with Crippen LogP contribution in [0.1, 0.15) is 0 Å². The quantitative estimate of drug-likeness (QED) is 0.177. The van der Waals surface area contributed by atoms with Gasteiger partial charge in [0.25, 0.3) is 0 Å². The van der Waals surface area contributed by atoms with Crippen LogP contribution in [0.3, 0.4) is 0 Å². The van der Waals surface area contributed by atoms with E-state index >= 15 is 0 Å². The number of hydrogen-bond donors (Lipinski definition) is 0. The van der Waals surface area contributed by atoms with Gasteiger partial charge in [-0.3, -0.25) is 0 Å². The summed E-state index contributed by atoms with van der Waals surface area (Å²) in [4.78, 5) is 0. The Labute approximate surface area is 222 Å². The normalized spacial score (nSPS) is 11.5. The number of furan rings is 1. The molecule has 38 heavy (non-hydrogen) atoms. The molecule has 175 valence electrons. The summed E-state index contributed by atoms with van der Waals surface area (Å²) < 4.78 is 6.44. The van der Waals surface area contributed by atoms with Gasteiger partial charge in [0.15, 0.2) is 0 Å². The van der Waals surface area contributed by atoms with E-state index in [9.17, 15) is 0 Å². The van der Waals surface area contributed by atoms with Crippen LogP contribution in [-0.4, -0.2) is 8.41 Å². The molecule has 1 aromatic heterocycles. The van der Waals surface area contributed by atoms with E-state index in [1.54, 1.807) is 0 Å². The van der Waals surface area contributed by atoms with Crippen LogP contribution in [-0.2, 0) is 0 Å². The summed E-state index contributed by atoms with van der Waals surface area (Å²) in [6.07, 6.45) is 0. The van der Waals surface area contributed by atoms with Crippen LogP contribution in [0.5, 0.6) is 0 Å². The van der Waals surface area contributed by atoms with Gasteiger partial charge < -0.3 is 4.42 Å². The molecule has 0 aliphatic rings. The number of hydrogen-bond acceptors (Lipinski definition) is 1. The van der Waals surface area contributed by atoms with Crippen LogP contribution in [0.4, 0.5) is 0 Å². The average molecular weight is 481 g/mol. The van der Waals surface area contributed by atoms with E-state index in [1.807, 2.05) is 0 Å². The van der Waals surface area contributed by atoms with E-state index in [4.69, 9.17) is 4.42 Å². The zero-order valence-electron chi connectivity index (χ0n) is 20.7. The van der Waals surface area contributed by atoms with Crippen LogP contribution < -0.4 is 0 Å². The molecular formula is C36H22BO. The van der Waals surface area contributed by atoms with Crippen LogP contribution >= 0.6 is 0 Å². The zero-order valence-corrected chi connectivity index (χ0v) is 20.7. The molecule has 0 bridgehead atoms. The SMILES string of the molecule is [B].c1ccc(-c2c3ccccc3c(-c3cccc4oc5cc6ccccc6cc5c34)c3ccccc23)cc1. The summed E-state index contributed by atoms with van der Waals surface area (Å²) >= 11 is 0. The fraction of sp³-hybridized carbons (Fsp3) is 0. The standard InChI is InChI=1S/C36H22O.B/c1-2-11-23(12-3-1)34-26-15-6-8-17-28(26)35(29-18-9-7-16-27(29)34)30-19-10-20-32-36(30)31-21-24-13-4-5-14-25(24)22-33(31)37-32;/h1-22H;. The molecule has 2 heteroatoms. The van der Waals surface area contributed by atoms with Crippen molar-refractivity contribution < 1.29 is 4.42 Å². The Balaban J connectivity index is 0.00000242. The smallest absolute Gasteiger partial charge is 0.136 e. The van der Waals surface area contributed by atoms with Crippen LogP contribution in [0.15, 0.2) is 138 Å². The van der Waals surface area contributed by atoms with Gasteiger partial charge in [0.05, 0.1) is 0 Å². The third-order valence-electron chi connectivity index (χ3n) is 7.63. The minimum absolute atomic E-state index is 0. The predicted octanol–water partition coefficient (Wildman–Crippen LogP) is 10.00. The summed E-state index contributed by atoms with van der Waals surface area (Å²) in [7, 11) is 0. The highest BCUT2D eigenvalue weighted by molar-refractivity contribution is 6.26.